The molecule has 2 heterocycles. The Morgan fingerprint density at radius 1 is 1.54 bits per heavy atom. The van der Waals surface area contributed by atoms with Gasteiger partial charge in [0.15, 0.2) is 0 Å². The molecule has 0 aromatic carbocycles. The van der Waals surface area contributed by atoms with E-state index in [1.54, 1.807) is 43.0 Å². The molecule has 1 atom stereocenters. The lowest BCUT2D eigenvalue weighted by Crippen LogP contribution is -2.47. The van der Waals surface area contributed by atoms with Gasteiger partial charge in [0.1, 0.15) is 6.04 Å². The molecule has 1 saturated heterocycles. The first kappa shape index (κ1) is 18.3. The minimum absolute atomic E-state index is 0.0624. The summed E-state index contributed by atoms with van der Waals surface area (Å²) in [5, 5.41) is 2.90. The molecule has 2 amide bonds. The van der Waals surface area contributed by atoms with E-state index in [1.807, 2.05) is 19.1 Å². The minimum Gasteiger partial charge on any atom is -0.481 e. The third-order valence-electron chi connectivity index (χ3n) is 3.77. The zero-order chi connectivity index (χ0) is 17.5. The van der Waals surface area contributed by atoms with Crippen molar-refractivity contribution in [3.05, 3.63) is 35.5 Å². The van der Waals surface area contributed by atoms with Crippen LogP contribution in [0.1, 0.15) is 25.8 Å². The van der Waals surface area contributed by atoms with Crippen molar-refractivity contribution >= 4 is 23.6 Å². The van der Waals surface area contributed by atoms with E-state index in [-0.39, 0.29) is 11.8 Å². The van der Waals surface area contributed by atoms with E-state index in [0.29, 0.717) is 29.6 Å². The van der Waals surface area contributed by atoms with Gasteiger partial charge in [0.25, 0.3) is 5.91 Å². The standard InChI is InChI=1S/C17H23N3O3S/c1-4-5-12(2)17(22)20-11-24-10-14(20)16(21)19-9-13-6-7-18-15(8-13)23-3/h5-8,14H,4,9-11H2,1-3H3,(H,19,21)/b12-5-/t14-/m1/s1. The summed E-state index contributed by atoms with van der Waals surface area (Å²) in [6.45, 7) is 4.17. The molecule has 0 bridgehead atoms. The fraction of sp³-hybridized carbons (Fsp3) is 0.471. The highest BCUT2D eigenvalue weighted by Crippen LogP contribution is 2.23. The van der Waals surface area contributed by atoms with E-state index >= 15 is 0 Å². The second kappa shape index (κ2) is 8.73. The maximum Gasteiger partial charge on any atom is 0.250 e. The molecule has 0 unspecified atom stereocenters. The van der Waals surface area contributed by atoms with Crippen LogP contribution in [0, 0.1) is 0 Å². The smallest absolute Gasteiger partial charge is 0.250 e. The van der Waals surface area contributed by atoms with Crippen molar-refractivity contribution in [3.8, 4) is 5.88 Å². The van der Waals surface area contributed by atoms with E-state index in [9.17, 15) is 9.59 Å². The molecule has 0 aliphatic carbocycles. The monoisotopic (exact) mass is 349 g/mol. The normalized spacial score (nSPS) is 17.7. The van der Waals surface area contributed by atoms with Gasteiger partial charge in [-0.25, -0.2) is 4.98 Å². The molecule has 6 nitrogen and oxygen atoms in total. The number of thioether (sulfide) groups is 1. The van der Waals surface area contributed by atoms with Crippen LogP contribution in [0.2, 0.25) is 0 Å². The molecule has 7 heteroatoms. The highest BCUT2D eigenvalue weighted by molar-refractivity contribution is 7.99. The lowest BCUT2D eigenvalue weighted by atomic mass is 10.2. The summed E-state index contributed by atoms with van der Waals surface area (Å²) in [6, 6.07) is 3.18. The second-order valence-corrected chi connectivity index (χ2v) is 6.51. The molecule has 0 saturated carbocycles. The Morgan fingerprint density at radius 2 is 2.33 bits per heavy atom. The summed E-state index contributed by atoms with van der Waals surface area (Å²) in [7, 11) is 1.55. The second-order valence-electron chi connectivity index (χ2n) is 5.51. The molecule has 2 rings (SSSR count). The Hall–Kier alpha value is -2.02. The molecule has 130 valence electrons. The lowest BCUT2D eigenvalue weighted by Gasteiger charge is -2.23. The maximum absolute atomic E-state index is 12.5. The number of ether oxygens (including phenoxy) is 1. The molecular weight excluding hydrogens is 326 g/mol. The first-order valence-electron chi connectivity index (χ1n) is 7.89. The quantitative estimate of drug-likeness (QED) is 0.795. The summed E-state index contributed by atoms with van der Waals surface area (Å²) in [5.74, 6) is 1.49. The molecule has 1 fully saturated rings. The van der Waals surface area contributed by atoms with E-state index in [4.69, 9.17) is 4.74 Å². The van der Waals surface area contributed by atoms with Gasteiger partial charge in [-0.15, -0.1) is 11.8 Å². The minimum atomic E-state index is -0.425. The number of carbonyl (C=O) groups is 2. The van der Waals surface area contributed by atoms with Gasteiger partial charge in [0.2, 0.25) is 11.8 Å². The molecule has 24 heavy (non-hydrogen) atoms. The first-order valence-corrected chi connectivity index (χ1v) is 9.04. The highest BCUT2D eigenvalue weighted by atomic mass is 32.2. The van der Waals surface area contributed by atoms with Gasteiger partial charge in [0.05, 0.1) is 13.0 Å². The van der Waals surface area contributed by atoms with Crippen LogP contribution >= 0.6 is 11.8 Å². The molecule has 1 aliphatic heterocycles. The fourth-order valence-electron chi connectivity index (χ4n) is 2.46. The third-order valence-corrected chi connectivity index (χ3v) is 4.78. The number of aromatic nitrogens is 1. The average molecular weight is 349 g/mol. The number of nitrogens with zero attached hydrogens (tertiary/aromatic N) is 2. The summed E-state index contributed by atoms with van der Waals surface area (Å²) in [4.78, 5) is 30.6. The van der Waals surface area contributed by atoms with Crippen molar-refractivity contribution in [1.82, 2.24) is 15.2 Å². The van der Waals surface area contributed by atoms with Gasteiger partial charge >= 0.3 is 0 Å². The van der Waals surface area contributed by atoms with E-state index in [0.717, 1.165) is 12.0 Å². The van der Waals surface area contributed by atoms with Crippen molar-refractivity contribution in [1.29, 1.82) is 0 Å². The van der Waals surface area contributed by atoms with Crippen LogP contribution in [0.25, 0.3) is 0 Å². The number of allylic oxidation sites excluding steroid dienone is 1. The molecule has 0 spiro atoms. The summed E-state index contributed by atoms with van der Waals surface area (Å²) in [5.41, 5.74) is 1.59. The molecule has 1 aliphatic rings. The topological polar surface area (TPSA) is 71.5 Å². The van der Waals surface area contributed by atoms with Crippen molar-refractivity contribution in [2.75, 3.05) is 18.7 Å². The van der Waals surface area contributed by atoms with Gasteiger partial charge in [-0.2, -0.15) is 0 Å². The van der Waals surface area contributed by atoms with E-state index < -0.39 is 6.04 Å². The van der Waals surface area contributed by atoms with Crippen molar-refractivity contribution in [2.45, 2.75) is 32.9 Å². The van der Waals surface area contributed by atoms with Crippen LogP contribution in [0.15, 0.2) is 30.0 Å². The average Bonchev–Trinajstić information content (AvgIpc) is 3.09. The number of rotatable bonds is 6. The molecule has 1 aromatic rings. The number of amides is 2. The SMILES string of the molecule is CC/C=C(/C)C(=O)N1CSC[C@@H]1C(=O)NCc1ccnc(OC)c1. The van der Waals surface area contributed by atoms with Gasteiger partial charge in [-0.3, -0.25) is 9.59 Å². The predicted molar refractivity (Wildman–Crippen MR) is 94.6 cm³/mol. The zero-order valence-corrected chi connectivity index (χ0v) is 15.1. The predicted octanol–water partition coefficient (Wildman–Crippen LogP) is 1.96. The van der Waals surface area contributed by atoms with Crippen LogP contribution in [0.4, 0.5) is 0 Å². The van der Waals surface area contributed by atoms with Crippen molar-refractivity contribution < 1.29 is 14.3 Å². The Kier molecular flexibility index (Phi) is 6.66. The largest absolute Gasteiger partial charge is 0.481 e. The van der Waals surface area contributed by atoms with E-state index in [1.165, 1.54) is 0 Å². The third kappa shape index (κ3) is 4.50. The lowest BCUT2D eigenvalue weighted by molar-refractivity contribution is -0.135. The number of pyridine rings is 1. The first-order chi connectivity index (χ1) is 11.6. The summed E-state index contributed by atoms with van der Waals surface area (Å²) >= 11 is 1.60. The molecule has 1 aromatic heterocycles. The van der Waals surface area contributed by atoms with Crippen LogP contribution in [-0.2, 0) is 16.1 Å². The Bertz CT molecular complexity index is 633. The van der Waals surface area contributed by atoms with Crippen LogP contribution in [0.5, 0.6) is 5.88 Å². The Balaban J connectivity index is 1.97. The Morgan fingerprint density at radius 3 is 3.04 bits per heavy atom. The number of hydrogen-bond donors (Lipinski definition) is 1. The maximum atomic E-state index is 12.5. The van der Waals surface area contributed by atoms with Crippen molar-refractivity contribution in [3.63, 3.8) is 0 Å². The van der Waals surface area contributed by atoms with Gasteiger partial charge in [0, 0.05) is 30.1 Å². The van der Waals surface area contributed by atoms with Gasteiger partial charge in [-0.1, -0.05) is 13.0 Å². The number of nitrogens with one attached hydrogen (secondary N) is 1. The Labute approximate surface area is 146 Å². The van der Waals surface area contributed by atoms with Gasteiger partial charge in [-0.05, 0) is 25.0 Å². The number of hydrogen-bond acceptors (Lipinski definition) is 5. The fourth-order valence-corrected chi connectivity index (χ4v) is 3.61. The highest BCUT2D eigenvalue weighted by Gasteiger charge is 2.34. The molecule has 1 N–H and O–H groups in total. The zero-order valence-electron chi connectivity index (χ0n) is 14.2. The number of methoxy groups -OCH3 is 1. The summed E-state index contributed by atoms with van der Waals surface area (Å²) in [6.07, 6.45) is 4.34. The van der Waals surface area contributed by atoms with Gasteiger partial charge < -0.3 is 15.0 Å². The molecule has 0 radical (unpaired) electrons. The number of carbonyl (C=O) groups excluding carboxylic acids is 2. The van der Waals surface area contributed by atoms with Crippen LogP contribution in [-0.4, -0.2) is 46.5 Å². The van der Waals surface area contributed by atoms with E-state index in [2.05, 4.69) is 10.3 Å². The van der Waals surface area contributed by atoms with Crippen LogP contribution < -0.4 is 10.1 Å². The molecular formula is C17H23N3O3S. The summed E-state index contributed by atoms with van der Waals surface area (Å²) < 4.78 is 5.07. The van der Waals surface area contributed by atoms with Crippen LogP contribution in [0.3, 0.4) is 0 Å². The van der Waals surface area contributed by atoms with Crippen molar-refractivity contribution in [2.24, 2.45) is 0 Å².